The number of nitrogens with two attached hydrogens (primary N) is 2. The zero-order chi connectivity index (χ0) is 12.6. The molecule has 0 spiro atoms. The van der Waals surface area contributed by atoms with Crippen molar-refractivity contribution in [1.82, 2.24) is 5.32 Å². The van der Waals surface area contributed by atoms with E-state index in [1.807, 2.05) is 0 Å². The molecule has 0 saturated carbocycles. The molecule has 0 aliphatic heterocycles. The summed E-state index contributed by atoms with van der Waals surface area (Å²) in [5.74, 6) is -1.37. The molecule has 1 amide bonds. The molecule has 94 valence electrons. The third-order valence-electron chi connectivity index (χ3n) is 2.09. The minimum Gasteiger partial charge on any atom is -0.480 e. The second-order valence-corrected chi connectivity index (χ2v) is 3.84. The van der Waals surface area contributed by atoms with Gasteiger partial charge < -0.3 is 21.9 Å². The first kappa shape index (κ1) is 15.2. The Balaban J connectivity index is 4.12. The van der Waals surface area contributed by atoms with Crippen molar-refractivity contribution < 1.29 is 14.7 Å². The van der Waals surface area contributed by atoms with Crippen LogP contribution in [0.25, 0.3) is 0 Å². The third-order valence-corrected chi connectivity index (χ3v) is 2.49. The number of carbonyl (C=O) groups excluding carboxylic acids is 1. The summed E-state index contributed by atoms with van der Waals surface area (Å²) >= 11 is 3.86. The number of thiol groups is 1. The van der Waals surface area contributed by atoms with Gasteiger partial charge in [0.15, 0.2) is 0 Å². The monoisotopic (exact) mass is 249 g/mol. The lowest BCUT2D eigenvalue weighted by Crippen LogP contribution is -2.49. The zero-order valence-corrected chi connectivity index (χ0v) is 9.95. The molecule has 7 heteroatoms. The standard InChI is InChI=1S/C9H19N3O3S/c10-4-2-1-3-7(9(14)15)12-8(13)6(11)5-16/h6-7,16H,1-5,10-11H2,(H,12,13)(H,14,15)/t6-,7+/m1/s1. The molecule has 0 radical (unpaired) electrons. The molecular formula is C9H19N3O3S. The first-order valence-corrected chi connectivity index (χ1v) is 5.75. The van der Waals surface area contributed by atoms with Crippen LogP contribution in [0.4, 0.5) is 0 Å². The molecule has 2 atom stereocenters. The summed E-state index contributed by atoms with van der Waals surface area (Å²) in [5.41, 5.74) is 10.7. The van der Waals surface area contributed by atoms with Crippen molar-refractivity contribution in [2.45, 2.75) is 31.3 Å². The van der Waals surface area contributed by atoms with E-state index in [-0.39, 0.29) is 5.75 Å². The van der Waals surface area contributed by atoms with Gasteiger partial charge in [-0.3, -0.25) is 4.79 Å². The van der Waals surface area contributed by atoms with Crippen LogP contribution < -0.4 is 16.8 Å². The number of carboxylic acid groups (broad SMARTS) is 1. The molecule has 0 aliphatic carbocycles. The van der Waals surface area contributed by atoms with Gasteiger partial charge >= 0.3 is 5.97 Å². The number of hydrogen-bond acceptors (Lipinski definition) is 5. The lowest BCUT2D eigenvalue weighted by Gasteiger charge is -2.16. The van der Waals surface area contributed by atoms with Gasteiger partial charge in [-0.05, 0) is 25.8 Å². The summed E-state index contributed by atoms with van der Waals surface area (Å²) in [6.07, 6.45) is 1.75. The lowest BCUT2D eigenvalue weighted by molar-refractivity contribution is -0.142. The third kappa shape index (κ3) is 5.94. The number of unbranched alkanes of at least 4 members (excludes halogenated alkanes) is 1. The number of hydrogen-bond donors (Lipinski definition) is 5. The fourth-order valence-corrected chi connectivity index (χ4v) is 1.28. The Bertz CT molecular complexity index is 238. The minimum absolute atomic E-state index is 0.182. The molecule has 0 aromatic heterocycles. The van der Waals surface area contributed by atoms with Crippen molar-refractivity contribution in [3.63, 3.8) is 0 Å². The van der Waals surface area contributed by atoms with E-state index in [0.717, 1.165) is 6.42 Å². The number of carbonyl (C=O) groups is 2. The van der Waals surface area contributed by atoms with Gasteiger partial charge in [0.2, 0.25) is 5.91 Å². The predicted octanol–water partition coefficient (Wildman–Crippen LogP) is -1.06. The Hall–Kier alpha value is -0.790. The van der Waals surface area contributed by atoms with Gasteiger partial charge in [-0.2, -0.15) is 12.6 Å². The number of rotatable bonds is 8. The highest BCUT2D eigenvalue weighted by Crippen LogP contribution is 2.01. The molecule has 0 bridgehead atoms. The van der Waals surface area contributed by atoms with Crippen LogP contribution in [-0.4, -0.2) is 41.4 Å². The Morgan fingerprint density at radius 1 is 1.38 bits per heavy atom. The van der Waals surface area contributed by atoms with Crippen LogP contribution in [0.5, 0.6) is 0 Å². The molecule has 16 heavy (non-hydrogen) atoms. The number of nitrogens with one attached hydrogen (secondary N) is 1. The smallest absolute Gasteiger partial charge is 0.326 e. The Kier molecular flexibility index (Phi) is 7.96. The maximum absolute atomic E-state index is 11.3. The highest BCUT2D eigenvalue weighted by atomic mass is 32.1. The van der Waals surface area contributed by atoms with Crippen LogP contribution in [-0.2, 0) is 9.59 Å². The Labute approximate surface area is 100 Å². The van der Waals surface area contributed by atoms with E-state index in [4.69, 9.17) is 16.6 Å². The van der Waals surface area contributed by atoms with Gasteiger partial charge in [0.25, 0.3) is 0 Å². The molecule has 6 N–H and O–H groups in total. The second-order valence-electron chi connectivity index (χ2n) is 3.47. The van der Waals surface area contributed by atoms with Crippen LogP contribution >= 0.6 is 12.6 Å². The van der Waals surface area contributed by atoms with Crippen LogP contribution in [0.2, 0.25) is 0 Å². The lowest BCUT2D eigenvalue weighted by atomic mass is 10.1. The van der Waals surface area contributed by atoms with Crippen molar-refractivity contribution in [3.8, 4) is 0 Å². The van der Waals surface area contributed by atoms with Gasteiger partial charge in [-0.15, -0.1) is 0 Å². The molecule has 0 unspecified atom stereocenters. The first-order chi connectivity index (χ1) is 7.52. The molecule has 0 saturated heterocycles. The summed E-state index contributed by atoms with van der Waals surface area (Å²) < 4.78 is 0. The van der Waals surface area contributed by atoms with E-state index in [0.29, 0.717) is 19.4 Å². The summed E-state index contributed by atoms with van der Waals surface area (Å²) in [4.78, 5) is 22.2. The topological polar surface area (TPSA) is 118 Å². The molecule has 0 rings (SSSR count). The van der Waals surface area contributed by atoms with Crippen LogP contribution in [0.15, 0.2) is 0 Å². The molecule has 0 aliphatic rings. The van der Waals surface area contributed by atoms with Crippen LogP contribution in [0.3, 0.4) is 0 Å². The summed E-state index contributed by atoms with van der Waals surface area (Å²) in [5, 5.41) is 11.2. The van der Waals surface area contributed by atoms with Crippen molar-refractivity contribution >= 4 is 24.5 Å². The Morgan fingerprint density at radius 3 is 2.44 bits per heavy atom. The van der Waals surface area contributed by atoms with Crippen molar-refractivity contribution in [1.29, 1.82) is 0 Å². The number of amides is 1. The quantitative estimate of drug-likeness (QED) is 0.277. The second kappa shape index (κ2) is 8.37. The van der Waals surface area contributed by atoms with E-state index in [9.17, 15) is 9.59 Å². The van der Waals surface area contributed by atoms with E-state index in [1.54, 1.807) is 0 Å². The maximum atomic E-state index is 11.3. The number of carboxylic acids is 1. The molecule has 6 nitrogen and oxygen atoms in total. The van der Waals surface area contributed by atoms with Crippen molar-refractivity contribution in [3.05, 3.63) is 0 Å². The normalized spacial score (nSPS) is 14.2. The fourth-order valence-electron chi connectivity index (χ4n) is 1.11. The summed E-state index contributed by atoms with van der Waals surface area (Å²) in [6, 6.07) is -1.68. The van der Waals surface area contributed by atoms with E-state index >= 15 is 0 Å². The molecule has 0 heterocycles. The highest BCUT2D eigenvalue weighted by Gasteiger charge is 2.21. The average Bonchev–Trinajstić information content (AvgIpc) is 2.26. The average molecular weight is 249 g/mol. The van der Waals surface area contributed by atoms with Gasteiger partial charge in [0.1, 0.15) is 6.04 Å². The van der Waals surface area contributed by atoms with Gasteiger partial charge in [-0.25, -0.2) is 4.79 Å². The minimum atomic E-state index is -1.06. The molecule has 0 aromatic rings. The van der Waals surface area contributed by atoms with E-state index in [1.165, 1.54) is 0 Å². The first-order valence-electron chi connectivity index (χ1n) is 5.12. The van der Waals surface area contributed by atoms with Gasteiger partial charge in [0.05, 0.1) is 6.04 Å². The Morgan fingerprint density at radius 2 is 2.00 bits per heavy atom. The van der Waals surface area contributed by atoms with E-state index in [2.05, 4.69) is 17.9 Å². The summed E-state index contributed by atoms with van der Waals surface area (Å²) in [6.45, 7) is 0.510. The zero-order valence-electron chi connectivity index (χ0n) is 9.06. The number of aliphatic carboxylic acids is 1. The molecule has 0 aromatic carbocycles. The fraction of sp³-hybridized carbons (Fsp3) is 0.778. The van der Waals surface area contributed by atoms with Crippen molar-refractivity contribution in [2.75, 3.05) is 12.3 Å². The molecular weight excluding hydrogens is 230 g/mol. The van der Waals surface area contributed by atoms with Crippen molar-refractivity contribution in [2.24, 2.45) is 11.5 Å². The highest BCUT2D eigenvalue weighted by molar-refractivity contribution is 7.80. The van der Waals surface area contributed by atoms with E-state index < -0.39 is 24.0 Å². The largest absolute Gasteiger partial charge is 0.480 e. The molecule has 0 fully saturated rings. The SMILES string of the molecule is NCCCC[C@H](NC(=O)[C@H](N)CS)C(=O)O. The van der Waals surface area contributed by atoms with Gasteiger partial charge in [-0.1, -0.05) is 0 Å². The summed E-state index contributed by atoms with van der Waals surface area (Å²) in [7, 11) is 0. The van der Waals surface area contributed by atoms with Crippen LogP contribution in [0, 0.1) is 0 Å². The maximum Gasteiger partial charge on any atom is 0.326 e. The predicted molar refractivity (Wildman–Crippen MR) is 64.3 cm³/mol. The van der Waals surface area contributed by atoms with Crippen LogP contribution in [0.1, 0.15) is 19.3 Å². The van der Waals surface area contributed by atoms with Gasteiger partial charge in [0, 0.05) is 5.75 Å².